The first-order chi connectivity index (χ1) is 6.74. The van der Waals surface area contributed by atoms with Crippen molar-refractivity contribution in [3.63, 3.8) is 0 Å². The Morgan fingerprint density at radius 3 is 2.29 bits per heavy atom. The quantitative estimate of drug-likeness (QED) is 0.564. The van der Waals surface area contributed by atoms with Crippen LogP contribution >= 0.6 is 0 Å². The van der Waals surface area contributed by atoms with Gasteiger partial charge in [-0.1, -0.05) is 46.0 Å². The van der Waals surface area contributed by atoms with Crippen LogP contribution in [0.5, 0.6) is 0 Å². The van der Waals surface area contributed by atoms with Crippen LogP contribution in [0.1, 0.15) is 58.8 Å². The third-order valence-electron chi connectivity index (χ3n) is 2.86. The maximum Gasteiger partial charge on any atom is 0.0564 e. The average Bonchev–Trinajstić information content (AvgIpc) is 2.17. The molecule has 2 nitrogen and oxygen atoms in total. The summed E-state index contributed by atoms with van der Waals surface area (Å²) in [5.41, 5.74) is 0. The largest absolute Gasteiger partial charge is 0.396 e. The molecule has 86 valence electrons. The molecule has 0 amide bonds. The molecule has 0 aliphatic heterocycles. The van der Waals surface area contributed by atoms with Gasteiger partial charge in [0.2, 0.25) is 0 Å². The van der Waals surface area contributed by atoms with E-state index in [0.717, 1.165) is 12.8 Å². The van der Waals surface area contributed by atoms with Crippen LogP contribution in [0.3, 0.4) is 0 Å². The van der Waals surface area contributed by atoms with Gasteiger partial charge in [-0.05, 0) is 18.8 Å². The maximum absolute atomic E-state index is 9.55. The minimum atomic E-state index is -0.299. The van der Waals surface area contributed by atoms with E-state index in [0.29, 0.717) is 12.3 Å². The molecular formula is C12H26O2. The highest BCUT2D eigenvalue weighted by Crippen LogP contribution is 2.20. The van der Waals surface area contributed by atoms with Crippen molar-refractivity contribution in [1.29, 1.82) is 0 Å². The van der Waals surface area contributed by atoms with Crippen LogP contribution in [0.25, 0.3) is 0 Å². The van der Waals surface area contributed by atoms with Crippen molar-refractivity contribution < 1.29 is 10.2 Å². The van der Waals surface area contributed by atoms with E-state index in [1.165, 1.54) is 25.7 Å². The number of unbranched alkanes of at least 4 members (excludes halogenated alkanes) is 2. The van der Waals surface area contributed by atoms with E-state index in [4.69, 9.17) is 5.11 Å². The summed E-state index contributed by atoms with van der Waals surface area (Å²) < 4.78 is 0. The van der Waals surface area contributed by atoms with E-state index < -0.39 is 0 Å². The fraction of sp³-hybridized carbons (Fsp3) is 1.00. The van der Waals surface area contributed by atoms with Crippen molar-refractivity contribution in [1.82, 2.24) is 0 Å². The lowest BCUT2D eigenvalue weighted by molar-refractivity contribution is 0.105. The summed E-state index contributed by atoms with van der Waals surface area (Å²) in [6, 6.07) is 0. The Bertz CT molecular complexity index is 115. The highest BCUT2D eigenvalue weighted by molar-refractivity contribution is 4.64. The van der Waals surface area contributed by atoms with Gasteiger partial charge in [-0.25, -0.2) is 0 Å². The Hall–Kier alpha value is -0.0800. The van der Waals surface area contributed by atoms with Crippen molar-refractivity contribution >= 4 is 0 Å². The smallest absolute Gasteiger partial charge is 0.0564 e. The summed E-state index contributed by atoms with van der Waals surface area (Å²) >= 11 is 0. The van der Waals surface area contributed by atoms with Crippen molar-refractivity contribution in [2.45, 2.75) is 64.9 Å². The van der Waals surface area contributed by atoms with Crippen LogP contribution in [0.2, 0.25) is 0 Å². The van der Waals surface area contributed by atoms with E-state index in [9.17, 15) is 5.11 Å². The van der Waals surface area contributed by atoms with Gasteiger partial charge in [0.05, 0.1) is 6.10 Å². The molecule has 0 saturated carbocycles. The molecule has 0 aromatic rings. The van der Waals surface area contributed by atoms with Gasteiger partial charge in [-0.3, -0.25) is 0 Å². The molecule has 0 heterocycles. The molecule has 2 atom stereocenters. The predicted octanol–water partition coefficient (Wildman–Crippen LogP) is 2.73. The Balaban J connectivity index is 3.55. The third kappa shape index (κ3) is 7.34. The van der Waals surface area contributed by atoms with Crippen LogP contribution in [-0.4, -0.2) is 22.9 Å². The molecule has 0 aliphatic rings. The Kier molecular flexibility index (Phi) is 9.42. The monoisotopic (exact) mass is 202 g/mol. The molecule has 0 rings (SSSR count). The van der Waals surface area contributed by atoms with Crippen LogP contribution in [0.4, 0.5) is 0 Å². The maximum atomic E-state index is 9.55. The second-order valence-electron chi connectivity index (χ2n) is 4.17. The highest BCUT2D eigenvalue weighted by Gasteiger charge is 2.11. The molecule has 0 aromatic heterocycles. The summed E-state index contributed by atoms with van der Waals surface area (Å²) in [5.74, 6) is 0.642. The Labute approximate surface area is 88.3 Å². The van der Waals surface area contributed by atoms with Gasteiger partial charge in [-0.2, -0.15) is 0 Å². The van der Waals surface area contributed by atoms with Crippen LogP contribution in [0, 0.1) is 5.92 Å². The van der Waals surface area contributed by atoms with Gasteiger partial charge in [-0.15, -0.1) is 0 Å². The summed E-state index contributed by atoms with van der Waals surface area (Å²) in [4.78, 5) is 0. The number of hydrogen-bond donors (Lipinski definition) is 2. The molecule has 0 aromatic carbocycles. The lowest BCUT2D eigenvalue weighted by atomic mass is 9.92. The second kappa shape index (κ2) is 9.47. The molecule has 2 heteroatoms. The second-order valence-corrected chi connectivity index (χ2v) is 4.17. The predicted molar refractivity (Wildman–Crippen MR) is 60.2 cm³/mol. The van der Waals surface area contributed by atoms with E-state index in [1.54, 1.807) is 0 Å². The lowest BCUT2D eigenvalue weighted by Crippen LogP contribution is -2.14. The number of rotatable bonds is 9. The number of aliphatic hydroxyl groups is 2. The van der Waals surface area contributed by atoms with Crippen LogP contribution in [-0.2, 0) is 0 Å². The summed E-state index contributed by atoms with van der Waals surface area (Å²) in [6.45, 7) is 4.50. The van der Waals surface area contributed by atoms with Gasteiger partial charge in [0, 0.05) is 6.61 Å². The zero-order valence-corrected chi connectivity index (χ0v) is 9.71. The van der Waals surface area contributed by atoms with E-state index >= 15 is 0 Å². The zero-order valence-electron chi connectivity index (χ0n) is 9.71. The van der Waals surface area contributed by atoms with Gasteiger partial charge < -0.3 is 10.2 Å². The van der Waals surface area contributed by atoms with Crippen LogP contribution in [0.15, 0.2) is 0 Å². The van der Waals surface area contributed by atoms with E-state index in [2.05, 4.69) is 13.8 Å². The third-order valence-corrected chi connectivity index (χ3v) is 2.86. The lowest BCUT2D eigenvalue weighted by Gasteiger charge is -2.18. The topological polar surface area (TPSA) is 40.5 Å². The first-order valence-corrected chi connectivity index (χ1v) is 6.03. The number of aliphatic hydroxyl groups excluding tert-OH is 2. The molecular weight excluding hydrogens is 176 g/mol. The normalized spacial score (nSPS) is 15.4. The standard InChI is InChI=1S/C12H26O2/c1-3-5-6-7-11(4-2)10-12(14)8-9-13/h11-14H,3-10H2,1-2H3. The van der Waals surface area contributed by atoms with Crippen LogP contribution < -0.4 is 0 Å². The zero-order chi connectivity index (χ0) is 10.8. The Morgan fingerprint density at radius 1 is 1.07 bits per heavy atom. The van der Waals surface area contributed by atoms with Gasteiger partial charge in [0.15, 0.2) is 0 Å². The number of hydrogen-bond acceptors (Lipinski definition) is 2. The molecule has 0 aliphatic carbocycles. The molecule has 0 spiro atoms. The molecule has 2 N–H and O–H groups in total. The minimum Gasteiger partial charge on any atom is -0.396 e. The van der Waals surface area contributed by atoms with E-state index in [1.807, 2.05) is 0 Å². The molecule has 0 radical (unpaired) electrons. The van der Waals surface area contributed by atoms with Crippen molar-refractivity contribution in [3.05, 3.63) is 0 Å². The summed E-state index contributed by atoms with van der Waals surface area (Å²) in [6.07, 6.45) is 7.30. The van der Waals surface area contributed by atoms with E-state index in [-0.39, 0.29) is 12.7 Å². The fourth-order valence-corrected chi connectivity index (χ4v) is 1.82. The van der Waals surface area contributed by atoms with Crippen molar-refractivity contribution in [2.24, 2.45) is 5.92 Å². The molecule has 14 heavy (non-hydrogen) atoms. The van der Waals surface area contributed by atoms with Crippen molar-refractivity contribution in [2.75, 3.05) is 6.61 Å². The van der Waals surface area contributed by atoms with Gasteiger partial charge in [0.1, 0.15) is 0 Å². The average molecular weight is 202 g/mol. The molecule has 0 fully saturated rings. The SMILES string of the molecule is CCCCCC(CC)CC(O)CCO. The first-order valence-electron chi connectivity index (χ1n) is 6.03. The highest BCUT2D eigenvalue weighted by atomic mass is 16.3. The fourth-order valence-electron chi connectivity index (χ4n) is 1.82. The summed E-state index contributed by atoms with van der Waals surface area (Å²) in [5, 5.41) is 18.2. The molecule has 0 saturated heterocycles. The Morgan fingerprint density at radius 2 is 1.79 bits per heavy atom. The minimum absolute atomic E-state index is 0.104. The summed E-state index contributed by atoms with van der Waals surface area (Å²) in [7, 11) is 0. The molecule has 0 bridgehead atoms. The van der Waals surface area contributed by atoms with Gasteiger partial charge >= 0.3 is 0 Å². The molecule has 2 unspecified atom stereocenters. The first kappa shape index (κ1) is 13.9. The van der Waals surface area contributed by atoms with Crippen molar-refractivity contribution in [3.8, 4) is 0 Å². The van der Waals surface area contributed by atoms with Gasteiger partial charge in [0.25, 0.3) is 0 Å².